The summed E-state index contributed by atoms with van der Waals surface area (Å²) < 4.78 is 8.76. The van der Waals surface area contributed by atoms with Crippen molar-refractivity contribution in [2.24, 2.45) is 0 Å². The van der Waals surface area contributed by atoms with Gasteiger partial charge in [0.25, 0.3) is 11.5 Å². The summed E-state index contributed by atoms with van der Waals surface area (Å²) >= 11 is 5.93. The van der Waals surface area contributed by atoms with E-state index in [1.165, 1.54) is 6.07 Å². The van der Waals surface area contributed by atoms with E-state index in [0.29, 0.717) is 23.9 Å². The molecule has 35 heavy (non-hydrogen) atoms. The molecule has 1 N–H and O–H groups in total. The first-order valence-electron chi connectivity index (χ1n) is 10.9. The number of rotatable bonds is 9. The molecule has 0 bridgehead atoms. The quantitative estimate of drug-likeness (QED) is 0.364. The van der Waals surface area contributed by atoms with Crippen LogP contribution in [0.2, 0.25) is 5.02 Å². The summed E-state index contributed by atoms with van der Waals surface area (Å²) in [4.78, 5) is 24.5. The number of hydrogen-bond acceptors (Lipinski definition) is 5. The maximum absolute atomic E-state index is 12.6. The van der Waals surface area contributed by atoms with Crippen molar-refractivity contribution in [3.05, 3.63) is 117 Å². The first-order valence-corrected chi connectivity index (χ1v) is 11.3. The molecular formula is C26H22ClN5O3. The molecule has 9 heteroatoms. The molecule has 0 fully saturated rings. The van der Waals surface area contributed by atoms with Gasteiger partial charge < -0.3 is 14.6 Å². The second-order valence-electron chi connectivity index (χ2n) is 7.75. The van der Waals surface area contributed by atoms with Crippen LogP contribution in [0.15, 0.2) is 83.9 Å². The van der Waals surface area contributed by atoms with E-state index in [1.54, 1.807) is 52.0 Å². The Morgan fingerprint density at radius 3 is 2.54 bits per heavy atom. The van der Waals surface area contributed by atoms with Gasteiger partial charge >= 0.3 is 0 Å². The average molecular weight is 488 g/mol. The van der Waals surface area contributed by atoms with Crippen LogP contribution in [0.5, 0.6) is 5.75 Å². The molecule has 0 saturated carbocycles. The minimum atomic E-state index is -0.397. The van der Waals surface area contributed by atoms with Gasteiger partial charge in [-0.25, -0.2) is 0 Å². The van der Waals surface area contributed by atoms with Gasteiger partial charge in [-0.2, -0.15) is 10.4 Å². The maximum atomic E-state index is 12.6. The molecule has 0 atom stereocenters. The summed E-state index contributed by atoms with van der Waals surface area (Å²) in [5.74, 6) is 0.213. The summed E-state index contributed by atoms with van der Waals surface area (Å²) in [6.07, 6.45) is 3.31. The van der Waals surface area contributed by atoms with Crippen molar-refractivity contribution in [2.45, 2.75) is 13.1 Å². The van der Waals surface area contributed by atoms with E-state index in [2.05, 4.69) is 10.4 Å². The first-order chi connectivity index (χ1) is 17.0. The minimum Gasteiger partial charge on any atom is -0.492 e. The number of halogens is 1. The molecule has 0 unspecified atom stereocenters. The minimum absolute atomic E-state index is 0.0540. The van der Waals surface area contributed by atoms with Crippen LogP contribution in [0, 0.1) is 11.3 Å². The number of hydrogen-bond donors (Lipinski definition) is 1. The van der Waals surface area contributed by atoms with Crippen LogP contribution in [-0.4, -0.2) is 33.4 Å². The molecule has 176 valence electrons. The van der Waals surface area contributed by atoms with Gasteiger partial charge in [0.2, 0.25) is 0 Å². The van der Waals surface area contributed by atoms with Gasteiger partial charge in [0, 0.05) is 23.5 Å². The van der Waals surface area contributed by atoms with Gasteiger partial charge in [-0.3, -0.25) is 14.3 Å². The number of ether oxygens (including phenoxy) is 1. The van der Waals surface area contributed by atoms with Crippen molar-refractivity contribution in [2.75, 3.05) is 13.2 Å². The highest BCUT2D eigenvalue weighted by molar-refractivity contribution is 6.30. The lowest BCUT2D eigenvalue weighted by atomic mass is 10.1. The Labute approximate surface area is 207 Å². The van der Waals surface area contributed by atoms with Crippen LogP contribution < -0.4 is 15.6 Å². The van der Waals surface area contributed by atoms with Crippen LogP contribution in [0.3, 0.4) is 0 Å². The normalized spacial score (nSPS) is 10.5. The van der Waals surface area contributed by atoms with Gasteiger partial charge in [-0.05, 0) is 35.4 Å². The van der Waals surface area contributed by atoms with E-state index in [9.17, 15) is 14.9 Å². The van der Waals surface area contributed by atoms with E-state index in [4.69, 9.17) is 16.3 Å². The zero-order valence-electron chi connectivity index (χ0n) is 18.7. The molecule has 2 aromatic carbocycles. The van der Waals surface area contributed by atoms with Crippen LogP contribution in [0.4, 0.5) is 0 Å². The Morgan fingerprint density at radius 1 is 1.06 bits per heavy atom. The molecule has 0 aliphatic heterocycles. The zero-order valence-corrected chi connectivity index (χ0v) is 19.5. The lowest BCUT2D eigenvalue weighted by Crippen LogP contribution is -2.28. The van der Waals surface area contributed by atoms with E-state index in [1.807, 2.05) is 36.4 Å². The van der Waals surface area contributed by atoms with Gasteiger partial charge in [0.15, 0.2) is 5.69 Å². The highest BCUT2D eigenvalue weighted by atomic mass is 35.5. The van der Waals surface area contributed by atoms with Crippen molar-refractivity contribution < 1.29 is 9.53 Å². The fourth-order valence-corrected chi connectivity index (χ4v) is 3.64. The predicted octanol–water partition coefficient (Wildman–Crippen LogP) is 3.48. The third-order valence-corrected chi connectivity index (χ3v) is 5.42. The lowest BCUT2D eigenvalue weighted by Gasteiger charge is -2.07. The van der Waals surface area contributed by atoms with Gasteiger partial charge in [0.1, 0.15) is 18.4 Å². The van der Waals surface area contributed by atoms with Gasteiger partial charge in [-0.15, -0.1) is 0 Å². The molecule has 2 heterocycles. The molecule has 0 radical (unpaired) electrons. The summed E-state index contributed by atoms with van der Waals surface area (Å²) in [5.41, 5.74) is 2.14. The lowest BCUT2D eigenvalue weighted by molar-refractivity contribution is 0.0946. The zero-order chi connectivity index (χ0) is 24.6. The number of benzene rings is 2. The summed E-state index contributed by atoms with van der Waals surface area (Å²) in [7, 11) is 0. The Morgan fingerprint density at radius 2 is 1.83 bits per heavy atom. The van der Waals surface area contributed by atoms with Gasteiger partial charge in [0.05, 0.1) is 25.2 Å². The first kappa shape index (κ1) is 23.8. The number of pyridine rings is 1. The molecule has 4 rings (SSSR count). The van der Waals surface area contributed by atoms with E-state index in [-0.39, 0.29) is 30.0 Å². The Kier molecular flexibility index (Phi) is 7.60. The van der Waals surface area contributed by atoms with Crippen molar-refractivity contribution in [1.29, 1.82) is 5.26 Å². The topological polar surface area (TPSA) is 102 Å². The van der Waals surface area contributed by atoms with E-state index in [0.717, 1.165) is 11.1 Å². The number of nitriles is 1. The van der Waals surface area contributed by atoms with Crippen molar-refractivity contribution >= 4 is 17.5 Å². The third-order valence-electron chi connectivity index (χ3n) is 5.18. The Hall–Kier alpha value is -4.35. The van der Waals surface area contributed by atoms with E-state index >= 15 is 0 Å². The SMILES string of the molecule is N#Cc1nn(Cc2ccc(Cn3ccccc3=O)cc2)cc1C(=O)NCCOc1cccc(Cl)c1. The monoisotopic (exact) mass is 487 g/mol. The maximum Gasteiger partial charge on any atom is 0.255 e. The third kappa shape index (κ3) is 6.37. The second-order valence-corrected chi connectivity index (χ2v) is 8.18. The largest absolute Gasteiger partial charge is 0.492 e. The number of nitrogens with zero attached hydrogens (tertiary/aromatic N) is 4. The van der Waals surface area contributed by atoms with Crippen LogP contribution in [0.25, 0.3) is 0 Å². The highest BCUT2D eigenvalue weighted by Crippen LogP contribution is 2.17. The molecule has 0 aliphatic rings. The van der Waals surface area contributed by atoms with Crippen molar-refractivity contribution in [3.8, 4) is 11.8 Å². The molecular weight excluding hydrogens is 466 g/mol. The van der Waals surface area contributed by atoms with Crippen LogP contribution in [-0.2, 0) is 13.1 Å². The second kappa shape index (κ2) is 11.2. The standard InChI is InChI=1S/C26H22ClN5O3/c27-21-4-3-5-22(14-21)35-13-11-29-26(34)23-18-32(30-24(23)15-28)17-20-9-7-19(8-10-20)16-31-12-2-1-6-25(31)33/h1-10,12,14,18H,11,13,16-17H2,(H,29,34). The van der Waals surface area contributed by atoms with E-state index < -0.39 is 5.91 Å². The average Bonchev–Trinajstić information content (AvgIpc) is 3.27. The van der Waals surface area contributed by atoms with Crippen molar-refractivity contribution in [1.82, 2.24) is 19.7 Å². The van der Waals surface area contributed by atoms with Crippen LogP contribution >= 0.6 is 11.6 Å². The smallest absolute Gasteiger partial charge is 0.255 e. The molecule has 2 aromatic heterocycles. The number of carbonyl (C=O) groups is 1. The number of amides is 1. The highest BCUT2D eigenvalue weighted by Gasteiger charge is 2.16. The van der Waals surface area contributed by atoms with Crippen molar-refractivity contribution in [3.63, 3.8) is 0 Å². The fourth-order valence-electron chi connectivity index (χ4n) is 3.46. The Balaban J connectivity index is 1.34. The molecule has 8 nitrogen and oxygen atoms in total. The number of carbonyl (C=O) groups excluding carboxylic acids is 1. The molecule has 0 spiro atoms. The summed E-state index contributed by atoms with van der Waals surface area (Å²) in [6.45, 7) is 1.38. The summed E-state index contributed by atoms with van der Waals surface area (Å²) in [6, 6.07) is 21.8. The molecule has 0 saturated heterocycles. The van der Waals surface area contributed by atoms with Gasteiger partial charge in [-0.1, -0.05) is 48.0 Å². The molecule has 4 aromatic rings. The number of aromatic nitrogens is 3. The van der Waals surface area contributed by atoms with Crippen LogP contribution in [0.1, 0.15) is 27.2 Å². The fraction of sp³-hybridized carbons (Fsp3) is 0.154. The molecule has 0 aliphatic carbocycles. The predicted molar refractivity (Wildman–Crippen MR) is 132 cm³/mol. The Bertz CT molecular complexity index is 1420. The molecule has 1 amide bonds. The number of nitrogens with one attached hydrogen (secondary N) is 1. The summed E-state index contributed by atoms with van der Waals surface area (Å²) in [5, 5.41) is 17.0.